The number of aliphatic hydroxyl groups excluding tert-OH is 1. The van der Waals surface area contributed by atoms with Crippen molar-refractivity contribution in [3.8, 4) is 0 Å². The van der Waals surface area contributed by atoms with Crippen molar-refractivity contribution in [3.63, 3.8) is 0 Å². The number of hydrogen-bond acceptors (Lipinski definition) is 4. The largest absolute Gasteiger partial charge is 0.456 e. The van der Waals surface area contributed by atoms with Gasteiger partial charge in [0.25, 0.3) is 0 Å². The van der Waals surface area contributed by atoms with Gasteiger partial charge in [-0.05, 0) is 12.1 Å². The van der Waals surface area contributed by atoms with Crippen LogP contribution in [0, 0.1) is 0 Å². The molecule has 0 heterocycles. The first-order valence-corrected chi connectivity index (χ1v) is 4.98. The Hall–Kier alpha value is -1.20. The maximum absolute atomic E-state index is 11.4. The third-order valence-electron chi connectivity index (χ3n) is 1.66. The number of carbonyl (C=O) groups is 2. The second-order valence-corrected chi connectivity index (χ2v) is 3.66. The molecular weight excluding hydrogens is 264 g/mol. The molecule has 0 spiro atoms. The van der Waals surface area contributed by atoms with E-state index in [1.54, 1.807) is 24.3 Å². The van der Waals surface area contributed by atoms with Gasteiger partial charge in [0.15, 0.2) is 12.4 Å². The summed E-state index contributed by atoms with van der Waals surface area (Å²) in [5.74, 6) is -1.11. The second-order valence-electron chi connectivity index (χ2n) is 2.75. The highest BCUT2D eigenvalue weighted by Crippen LogP contribution is 2.10. The van der Waals surface area contributed by atoms with E-state index in [9.17, 15) is 9.59 Å². The summed E-state index contributed by atoms with van der Waals surface area (Å²) in [6.45, 7) is -1.06. The molecule has 0 saturated heterocycles. The van der Waals surface area contributed by atoms with Crippen molar-refractivity contribution in [2.24, 2.45) is 0 Å². The maximum atomic E-state index is 11.4. The van der Waals surface area contributed by atoms with Crippen molar-refractivity contribution in [1.29, 1.82) is 0 Å². The van der Waals surface area contributed by atoms with Crippen LogP contribution in [-0.4, -0.2) is 30.1 Å². The lowest BCUT2D eigenvalue weighted by Gasteiger charge is -2.02. The molecular formula is C10H9BrO4. The summed E-state index contributed by atoms with van der Waals surface area (Å²) in [7, 11) is 0. The van der Waals surface area contributed by atoms with E-state index in [-0.39, 0.29) is 12.4 Å². The lowest BCUT2D eigenvalue weighted by atomic mass is 10.1. The molecule has 0 bridgehead atoms. The Morgan fingerprint density at radius 2 is 1.87 bits per heavy atom. The predicted octanol–water partition coefficient (Wildman–Crippen LogP) is 1.17. The number of benzene rings is 1. The molecule has 0 atom stereocenters. The Morgan fingerprint density at radius 3 is 2.40 bits per heavy atom. The van der Waals surface area contributed by atoms with Crippen molar-refractivity contribution in [2.75, 3.05) is 13.2 Å². The van der Waals surface area contributed by atoms with Crippen molar-refractivity contribution < 1.29 is 19.4 Å². The summed E-state index contributed by atoms with van der Waals surface area (Å²) >= 11 is 3.24. The zero-order valence-electron chi connectivity index (χ0n) is 7.77. The third kappa shape index (κ3) is 3.81. The molecule has 1 rings (SSSR count). The van der Waals surface area contributed by atoms with Gasteiger partial charge in [0, 0.05) is 10.0 Å². The molecule has 80 valence electrons. The summed E-state index contributed by atoms with van der Waals surface area (Å²) < 4.78 is 5.35. The van der Waals surface area contributed by atoms with E-state index < -0.39 is 12.6 Å². The smallest absolute Gasteiger partial charge is 0.332 e. The number of esters is 1. The molecule has 0 radical (unpaired) electrons. The van der Waals surface area contributed by atoms with E-state index in [1.165, 1.54) is 0 Å². The number of ketones is 1. The van der Waals surface area contributed by atoms with Crippen LogP contribution >= 0.6 is 15.9 Å². The van der Waals surface area contributed by atoms with Crippen LogP contribution < -0.4 is 0 Å². The van der Waals surface area contributed by atoms with Crippen LogP contribution in [0.5, 0.6) is 0 Å². The third-order valence-corrected chi connectivity index (χ3v) is 2.19. The van der Waals surface area contributed by atoms with Crippen LogP contribution in [0.3, 0.4) is 0 Å². The number of hydrogen-bond donors (Lipinski definition) is 1. The van der Waals surface area contributed by atoms with Gasteiger partial charge in [-0.3, -0.25) is 4.79 Å². The topological polar surface area (TPSA) is 63.6 Å². The van der Waals surface area contributed by atoms with Crippen molar-refractivity contribution in [2.45, 2.75) is 0 Å². The van der Waals surface area contributed by atoms with Gasteiger partial charge in [0.05, 0.1) is 0 Å². The lowest BCUT2D eigenvalue weighted by molar-refractivity contribution is -0.145. The van der Waals surface area contributed by atoms with Crippen LogP contribution in [0.15, 0.2) is 28.7 Å². The fourth-order valence-corrected chi connectivity index (χ4v) is 1.18. The maximum Gasteiger partial charge on any atom is 0.332 e. The van der Waals surface area contributed by atoms with Gasteiger partial charge in [-0.1, -0.05) is 28.1 Å². The zero-order chi connectivity index (χ0) is 11.3. The summed E-state index contributed by atoms with van der Waals surface area (Å²) in [5, 5.41) is 8.36. The fourth-order valence-electron chi connectivity index (χ4n) is 0.911. The number of aliphatic hydroxyl groups is 1. The lowest BCUT2D eigenvalue weighted by Crippen LogP contribution is -2.16. The molecule has 1 N–H and O–H groups in total. The summed E-state index contributed by atoms with van der Waals surface area (Å²) in [5.41, 5.74) is 0.462. The highest BCUT2D eigenvalue weighted by atomic mass is 79.9. The molecule has 5 heteroatoms. The normalized spacial score (nSPS) is 9.73. The highest BCUT2D eigenvalue weighted by molar-refractivity contribution is 9.10. The van der Waals surface area contributed by atoms with Gasteiger partial charge < -0.3 is 9.84 Å². The first kappa shape index (κ1) is 11.9. The van der Waals surface area contributed by atoms with Gasteiger partial charge in [-0.2, -0.15) is 0 Å². The van der Waals surface area contributed by atoms with E-state index in [0.717, 1.165) is 4.47 Å². The molecule has 0 aromatic heterocycles. The SMILES string of the molecule is O=C(CO)OCC(=O)c1ccc(Br)cc1. The number of halogens is 1. The molecule has 0 aliphatic rings. The van der Waals surface area contributed by atoms with Gasteiger partial charge in [0.2, 0.25) is 0 Å². The standard InChI is InChI=1S/C10H9BrO4/c11-8-3-1-7(2-4-8)9(13)6-15-10(14)5-12/h1-4,12H,5-6H2. The molecule has 1 aromatic carbocycles. The number of rotatable bonds is 4. The summed E-state index contributed by atoms with van der Waals surface area (Å²) in [6, 6.07) is 6.70. The quantitative estimate of drug-likeness (QED) is 0.660. The Morgan fingerprint density at radius 1 is 1.27 bits per heavy atom. The minimum absolute atomic E-state index is 0.302. The van der Waals surface area contributed by atoms with Gasteiger partial charge in [0.1, 0.15) is 6.61 Å². The van der Waals surface area contributed by atoms with Crippen LogP contribution in [0.25, 0.3) is 0 Å². The van der Waals surface area contributed by atoms with Crippen LogP contribution in [0.2, 0.25) is 0 Å². The van der Waals surface area contributed by atoms with Gasteiger partial charge in [-0.25, -0.2) is 4.79 Å². The minimum atomic E-state index is -0.805. The summed E-state index contributed by atoms with van der Waals surface area (Å²) in [6.07, 6.45) is 0. The molecule has 0 fully saturated rings. The molecule has 0 amide bonds. The first-order valence-electron chi connectivity index (χ1n) is 4.18. The second kappa shape index (κ2) is 5.63. The van der Waals surface area contributed by atoms with Crippen molar-refractivity contribution in [1.82, 2.24) is 0 Å². The molecule has 0 aliphatic carbocycles. The van der Waals surface area contributed by atoms with E-state index >= 15 is 0 Å². The zero-order valence-corrected chi connectivity index (χ0v) is 9.36. The molecule has 0 unspecified atom stereocenters. The Balaban J connectivity index is 2.54. The predicted molar refractivity (Wildman–Crippen MR) is 56.5 cm³/mol. The molecule has 1 aromatic rings. The first-order chi connectivity index (χ1) is 7.13. The molecule has 0 saturated carbocycles. The highest BCUT2D eigenvalue weighted by Gasteiger charge is 2.08. The van der Waals surface area contributed by atoms with Crippen LogP contribution in [0.1, 0.15) is 10.4 Å². The number of ether oxygens (including phenoxy) is 1. The van der Waals surface area contributed by atoms with E-state index in [4.69, 9.17) is 5.11 Å². The van der Waals surface area contributed by atoms with Crippen molar-refractivity contribution >= 4 is 27.7 Å². The van der Waals surface area contributed by atoms with E-state index in [1.807, 2.05) is 0 Å². The molecule has 0 aliphatic heterocycles. The Labute approximate surface area is 95.0 Å². The molecule has 4 nitrogen and oxygen atoms in total. The average Bonchev–Trinajstić information content (AvgIpc) is 2.26. The fraction of sp³-hybridized carbons (Fsp3) is 0.200. The van der Waals surface area contributed by atoms with Crippen molar-refractivity contribution in [3.05, 3.63) is 34.3 Å². The van der Waals surface area contributed by atoms with Gasteiger partial charge in [-0.15, -0.1) is 0 Å². The monoisotopic (exact) mass is 272 g/mol. The van der Waals surface area contributed by atoms with E-state index in [0.29, 0.717) is 5.56 Å². The van der Waals surface area contributed by atoms with Crippen LogP contribution in [0.4, 0.5) is 0 Å². The van der Waals surface area contributed by atoms with Gasteiger partial charge >= 0.3 is 5.97 Å². The van der Waals surface area contributed by atoms with Crippen LogP contribution in [-0.2, 0) is 9.53 Å². The minimum Gasteiger partial charge on any atom is -0.456 e. The van der Waals surface area contributed by atoms with E-state index in [2.05, 4.69) is 20.7 Å². The average molecular weight is 273 g/mol. The number of Topliss-reactive ketones (excluding diaryl/α,β-unsaturated/α-hetero) is 1. The molecule has 15 heavy (non-hydrogen) atoms. The Bertz CT molecular complexity index is 358. The number of carbonyl (C=O) groups excluding carboxylic acids is 2. The Kier molecular flexibility index (Phi) is 4.45. The summed E-state index contributed by atoms with van der Waals surface area (Å²) in [4.78, 5) is 22.0.